The molecule has 3 nitrogen and oxygen atoms in total. The maximum absolute atomic E-state index is 5.74. The molecule has 0 bridgehead atoms. The van der Waals surface area contributed by atoms with E-state index >= 15 is 0 Å². The van der Waals surface area contributed by atoms with E-state index in [0.717, 1.165) is 22.6 Å². The second-order valence-electron chi connectivity index (χ2n) is 5.52. The monoisotopic (exact) mass is 305 g/mol. The van der Waals surface area contributed by atoms with Crippen molar-refractivity contribution in [2.24, 2.45) is 0 Å². The van der Waals surface area contributed by atoms with Crippen LogP contribution in [0.3, 0.4) is 0 Å². The van der Waals surface area contributed by atoms with Crippen molar-refractivity contribution in [3.8, 4) is 17.4 Å². The number of hydrogen-bond acceptors (Lipinski definition) is 3. The summed E-state index contributed by atoms with van der Waals surface area (Å²) in [4.78, 5) is 4.28. The van der Waals surface area contributed by atoms with E-state index < -0.39 is 0 Å². The number of benzene rings is 2. The zero-order valence-corrected chi connectivity index (χ0v) is 13.3. The Morgan fingerprint density at radius 1 is 0.826 bits per heavy atom. The average molecular weight is 305 g/mol. The molecule has 0 unspecified atom stereocenters. The van der Waals surface area contributed by atoms with E-state index in [4.69, 9.17) is 9.47 Å². The van der Waals surface area contributed by atoms with E-state index in [1.54, 1.807) is 6.20 Å². The predicted octanol–water partition coefficient (Wildman–Crippen LogP) is 5.07. The molecule has 1 heterocycles. The summed E-state index contributed by atoms with van der Waals surface area (Å²) in [6.07, 6.45) is 1.68. The topological polar surface area (TPSA) is 31.4 Å². The zero-order chi connectivity index (χ0) is 16.1. The van der Waals surface area contributed by atoms with Gasteiger partial charge in [0.2, 0.25) is 5.88 Å². The SMILES string of the molecule is Cc1ccc(COc2ccc(Oc3cccc(C)c3)nc2)cc1. The van der Waals surface area contributed by atoms with Gasteiger partial charge in [-0.05, 0) is 43.2 Å². The van der Waals surface area contributed by atoms with Gasteiger partial charge in [-0.15, -0.1) is 0 Å². The van der Waals surface area contributed by atoms with E-state index in [2.05, 4.69) is 36.2 Å². The fourth-order valence-electron chi connectivity index (χ4n) is 2.16. The quantitative estimate of drug-likeness (QED) is 0.659. The Morgan fingerprint density at radius 3 is 2.35 bits per heavy atom. The maximum Gasteiger partial charge on any atom is 0.219 e. The molecule has 1 aromatic heterocycles. The van der Waals surface area contributed by atoms with Gasteiger partial charge in [0.1, 0.15) is 18.1 Å². The molecule has 116 valence electrons. The summed E-state index contributed by atoms with van der Waals surface area (Å²) < 4.78 is 11.5. The third-order valence-corrected chi connectivity index (χ3v) is 3.45. The standard InChI is InChI=1S/C20H19NO2/c1-15-6-8-17(9-7-15)14-22-19-10-11-20(21-13-19)23-18-5-3-4-16(2)12-18/h3-13H,14H2,1-2H3. The molecule has 0 atom stereocenters. The lowest BCUT2D eigenvalue weighted by molar-refractivity contribution is 0.304. The molecule has 0 spiro atoms. The summed E-state index contributed by atoms with van der Waals surface area (Å²) in [5, 5.41) is 0. The van der Waals surface area contributed by atoms with Crippen LogP contribution in [0, 0.1) is 13.8 Å². The van der Waals surface area contributed by atoms with Gasteiger partial charge in [-0.3, -0.25) is 0 Å². The van der Waals surface area contributed by atoms with Gasteiger partial charge in [0.15, 0.2) is 0 Å². The van der Waals surface area contributed by atoms with Crippen molar-refractivity contribution >= 4 is 0 Å². The normalized spacial score (nSPS) is 10.3. The van der Waals surface area contributed by atoms with Crippen LogP contribution in [0.25, 0.3) is 0 Å². The number of ether oxygens (including phenoxy) is 2. The second-order valence-corrected chi connectivity index (χ2v) is 5.52. The summed E-state index contributed by atoms with van der Waals surface area (Å²) >= 11 is 0. The van der Waals surface area contributed by atoms with Crippen molar-refractivity contribution in [3.05, 3.63) is 83.6 Å². The molecular formula is C20H19NO2. The average Bonchev–Trinajstić information content (AvgIpc) is 2.56. The molecule has 0 amide bonds. The summed E-state index contributed by atoms with van der Waals surface area (Å²) in [5.41, 5.74) is 3.53. The van der Waals surface area contributed by atoms with Crippen LogP contribution in [-0.4, -0.2) is 4.98 Å². The molecule has 0 radical (unpaired) electrons. The molecule has 0 aliphatic carbocycles. The molecular weight excluding hydrogens is 286 g/mol. The zero-order valence-electron chi connectivity index (χ0n) is 13.3. The second kappa shape index (κ2) is 6.97. The fourth-order valence-corrected chi connectivity index (χ4v) is 2.16. The van der Waals surface area contributed by atoms with Crippen molar-refractivity contribution in [1.29, 1.82) is 0 Å². The molecule has 3 rings (SSSR count). The summed E-state index contributed by atoms with van der Waals surface area (Å²) in [7, 11) is 0. The van der Waals surface area contributed by atoms with Gasteiger partial charge in [0.05, 0.1) is 6.20 Å². The van der Waals surface area contributed by atoms with Gasteiger partial charge in [-0.2, -0.15) is 0 Å². The molecule has 23 heavy (non-hydrogen) atoms. The van der Waals surface area contributed by atoms with Crippen LogP contribution in [0.15, 0.2) is 66.9 Å². The minimum atomic E-state index is 0.528. The van der Waals surface area contributed by atoms with Crippen molar-refractivity contribution < 1.29 is 9.47 Å². The van der Waals surface area contributed by atoms with Crippen LogP contribution in [0.4, 0.5) is 0 Å². The van der Waals surface area contributed by atoms with Gasteiger partial charge in [-0.25, -0.2) is 4.98 Å². The van der Waals surface area contributed by atoms with Crippen LogP contribution < -0.4 is 9.47 Å². The number of pyridine rings is 1. The molecule has 3 aromatic rings. The summed E-state index contributed by atoms with van der Waals surface area (Å²) in [5.74, 6) is 2.06. The van der Waals surface area contributed by atoms with Gasteiger partial charge in [-0.1, -0.05) is 42.0 Å². The predicted molar refractivity (Wildman–Crippen MR) is 91.0 cm³/mol. The Balaban J connectivity index is 1.59. The Bertz CT molecular complexity index is 764. The van der Waals surface area contributed by atoms with Crippen LogP contribution >= 0.6 is 0 Å². The molecule has 0 fully saturated rings. The first kappa shape index (κ1) is 15.1. The Morgan fingerprint density at radius 2 is 1.65 bits per heavy atom. The lowest BCUT2D eigenvalue weighted by atomic mass is 10.2. The highest BCUT2D eigenvalue weighted by Gasteiger charge is 2.01. The van der Waals surface area contributed by atoms with E-state index in [1.165, 1.54) is 5.56 Å². The minimum absolute atomic E-state index is 0.528. The van der Waals surface area contributed by atoms with E-state index in [1.807, 2.05) is 43.3 Å². The molecule has 0 aliphatic rings. The van der Waals surface area contributed by atoms with Crippen LogP contribution in [0.5, 0.6) is 17.4 Å². The number of aromatic nitrogens is 1. The Labute approximate surface area is 136 Å². The van der Waals surface area contributed by atoms with Crippen LogP contribution in [-0.2, 0) is 6.61 Å². The lowest BCUT2D eigenvalue weighted by Gasteiger charge is -2.08. The number of aryl methyl sites for hydroxylation is 2. The van der Waals surface area contributed by atoms with E-state index in [0.29, 0.717) is 12.5 Å². The molecule has 0 saturated carbocycles. The van der Waals surface area contributed by atoms with E-state index in [-0.39, 0.29) is 0 Å². The minimum Gasteiger partial charge on any atom is -0.487 e. The van der Waals surface area contributed by atoms with Crippen molar-refractivity contribution in [3.63, 3.8) is 0 Å². The first-order valence-electron chi connectivity index (χ1n) is 7.58. The van der Waals surface area contributed by atoms with Gasteiger partial charge in [0, 0.05) is 6.07 Å². The molecule has 0 saturated heterocycles. The van der Waals surface area contributed by atoms with Crippen LogP contribution in [0.2, 0.25) is 0 Å². The number of hydrogen-bond donors (Lipinski definition) is 0. The summed E-state index contributed by atoms with van der Waals surface area (Å²) in [6.45, 7) is 4.63. The van der Waals surface area contributed by atoms with Gasteiger partial charge in [0.25, 0.3) is 0 Å². The summed E-state index contributed by atoms with van der Waals surface area (Å²) in [6, 6.07) is 19.9. The first-order valence-corrected chi connectivity index (χ1v) is 7.58. The molecule has 3 heteroatoms. The number of rotatable bonds is 5. The highest BCUT2D eigenvalue weighted by molar-refractivity contribution is 5.32. The van der Waals surface area contributed by atoms with Crippen molar-refractivity contribution in [2.45, 2.75) is 20.5 Å². The highest BCUT2D eigenvalue weighted by Crippen LogP contribution is 2.22. The lowest BCUT2D eigenvalue weighted by Crippen LogP contribution is -1.96. The number of nitrogens with zero attached hydrogens (tertiary/aromatic N) is 1. The van der Waals surface area contributed by atoms with Crippen molar-refractivity contribution in [1.82, 2.24) is 4.98 Å². The molecule has 2 aromatic carbocycles. The molecule has 0 N–H and O–H groups in total. The third-order valence-electron chi connectivity index (χ3n) is 3.45. The van der Waals surface area contributed by atoms with E-state index in [9.17, 15) is 0 Å². The molecule has 0 aliphatic heterocycles. The van der Waals surface area contributed by atoms with Gasteiger partial charge >= 0.3 is 0 Å². The first-order chi connectivity index (χ1) is 11.2. The third kappa shape index (κ3) is 4.33. The smallest absolute Gasteiger partial charge is 0.219 e. The van der Waals surface area contributed by atoms with Gasteiger partial charge < -0.3 is 9.47 Å². The Hall–Kier alpha value is -2.81. The maximum atomic E-state index is 5.74. The Kier molecular flexibility index (Phi) is 4.57. The van der Waals surface area contributed by atoms with Crippen molar-refractivity contribution in [2.75, 3.05) is 0 Å². The fraction of sp³-hybridized carbons (Fsp3) is 0.150. The largest absolute Gasteiger partial charge is 0.487 e. The highest BCUT2D eigenvalue weighted by atomic mass is 16.5. The van der Waals surface area contributed by atoms with Crippen LogP contribution in [0.1, 0.15) is 16.7 Å².